The molecule has 0 saturated heterocycles. The average molecular weight is 362 g/mol. The molecular formula is C14H16ClNO2S3. The molecule has 0 atom stereocenters. The van der Waals surface area contributed by atoms with Gasteiger partial charge in [0.1, 0.15) is 4.21 Å². The molecule has 0 N–H and O–H groups in total. The molecule has 1 aliphatic rings. The topological polar surface area (TPSA) is 37.4 Å². The minimum Gasteiger partial charge on any atom is -0.206 e. The molecule has 3 rings (SSSR count). The zero-order chi connectivity index (χ0) is 14.9. The van der Waals surface area contributed by atoms with Gasteiger partial charge in [0.25, 0.3) is 10.0 Å². The summed E-state index contributed by atoms with van der Waals surface area (Å²) in [6.07, 6.45) is 2.64. The van der Waals surface area contributed by atoms with Crippen molar-refractivity contribution in [3.63, 3.8) is 0 Å². The van der Waals surface area contributed by atoms with E-state index in [1.54, 1.807) is 21.7 Å². The second-order valence-corrected chi connectivity index (χ2v) is 9.52. The van der Waals surface area contributed by atoms with Gasteiger partial charge in [0, 0.05) is 23.3 Å². The van der Waals surface area contributed by atoms with Crippen molar-refractivity contribution in [2.75, 3.05) is 5.88 Å². The molecule has 0 aliphatic heterocycles. The lowest BCUT2D eigenvalue weighted by atomic mass is 10.3. The summed E-state index contributed by atoms with van der Waals surface area (Å²) in [5, 5.41) is 4.00. The summed E-state index contributed by atoms with van der Waals surface area (Å²) in [5.41, 5.74) is 1.06. The molecule has 1 saturated carbocycles. The van der Waals surface area contributed by atoms with Crippen LogP contribution in [-0.4, -0.2) is 24.6 Å². The average Bonchev–Trinajstić information content (AvgIpc) is 2.96. The fourth-order valence-electron chi connectivity index (χ4n) is 2.18. The molecule has 21 heavy (non-hydrogen) atoms. The standard InChI is InChI=1S/C14H16ClNO2S3/c15-7-5-13-3-4-14(20-13)21(17,18)16(12-1-2-12)9-11-6-8-19-10-11/h3-4,6,8,10,12H,1-2,5,7,9H2. The first-order chi connectivity index (χ1) is 10.1. The van der Waals surface area contributed by atoms with Gasteiger partial charge in [-0.15, -0.1) is 22.9 Å². The zero-order valence-corrected chi connectivity index (χ0v) is 14.6. The van der Waals surface area contributed by atoms with Crippen molar-refractivity contribution in [3.8, 4) is 0 Å². The molecule has 2 aromatic rings. The Bertz CT molecular complexity index is 690. The molecule has 2 aromatic heterocycles. The fourth-order valence-corrected chi connectivity index (χ4v) is 6.31. The van der Waals surface area contributed by atoms with Gasteiger partial charge >= 0.3 is 0 Å². The summed E-state index contributed by atoms with van der Waals surface area (Å²) in [7, 11) is -3.40. The quantitative estimate of drug-likeness (QED) is 0.700. The van der Waals surface area contributed by atoms with Crippen LogP contribution >= 0.6 is 34.3 Å². The van der Waals surface area contributed by atoms with Crippen LogP contribution in [0.1, 0.15) is 23.3 Å². The number of sulfonamides is 1. The van der Waals surface area contributed by atoms with Gasteiger partial charge in [-0.25, -0.2) is 8.42 Å². The summed E-state index contributed by atoms with van der Waals surface area (Å²) < 4.78 is 27.8. The number of rotatable bonds is 7. The lowest BCUT2D eigenvalue weighted by Crippen LogP contribution is -2.32. The first-order valence-corrected chi connectivity index (χ1v) is 10.5. The Morgan fingerprint density at radius 2 is 2.10 bits per heavy atom. The van der Waals surface area contributed by atoms with Crippen LogP contribution in [0.4, 0.5) is 0 Å². The van der Waals surface area contributed by atoms with E-state index in [4.69, 9.17) is 11.6 Å². The first kappa shape index (κ1) is 15.5. The van der Waals surface area contributed by atoms with Gasteiger partial charge in [-0.1, -0.05) is 0 Å². The Kier molecular flexibility index (Phi) is 4.71. The molecule has 1 aliphatic carbocycles. The maximum atomic E-state index is 12.9. The highest BCUT2D eigenvalue weighted by molar-refractivity contribution is 7.91. The molecule has 0 radical (unpaired) electrons. The van der Waals surface area contributed by atoms with Crippen LogP contribution in [0.15, 0.2) is 33.2 Å². The number of hydrogen-bond donors (Lipinski definition) is 0. The van der Waals surface area contributed by atoms with E-state index in [-0.39, 0.29) is 6.04 Å². The minimum atomic E-state index is -3.40. The molecule has 114 valence electrons. The lowest BCUT2D eigenvalue weighted by Gasteiger charge is -2.20. The van der Waals surface area contributed by atoms with Crippen LogP contribution in [0.2, 0.25) is 0 Å². The third kappa shape index (κ3) is 3.51. The fraction of sp³-hybridized carbons (Fsp3) is 0.429. The number of aryl methyl sites for hydroxylation is 1. The second-order valence-electron chi connectivity index (χ2n) is 5.07. The summed E-state index contributed by atoms with van der Waals surface area (Å²) in [5.74, 6) is 0.515. The van der Waals surface area contributed by atoms with E-state index < -0.39 is 10.0 Å². The summed E-state index contributed by atoms with van der Waals surface area (Å²) in [6.45, 7) is 0.471. The molecule has 7 heteroatoms. The van der Waals surface area contributed by atoms with Gasteiger partial charge in [0.2, 0.25) is 0 Å². The molecule has 0 amide bonds. The molecule has 0 spiro atoms. The van der Waals surface area contributed by atoms with Crippen LogP contribution in [-0.2, 0) is 23.0 Å². The molecule has 3 nitrogen and oxygen atoms in total. The second kappa shape index (κ2) is 6.38. The Morgan fingerprint density at radius 1 is 1.29 bits per heavy atom. The van der Waals surface area contributed by atoms with Crippen LogP contribution in [0.5, 0.6) is 0 Å². The molecule has 0 bridgehead atoms. The number of halogens is 1. The summed E-state index contributed by atoms with van der Waals surface area (Å²) in [6, 6.07) is 5.73. The highest BCUT2D eigenvalue weighted by Gasteiger charge is 2.38. The van der Waals surface area contributed by atoms with Crippen LogP contribution < -0.4 is 0 Å². The molecule has 0 unspecified atom stereocenters. The Labute approximate surface area is 138 Å². The van der Waals surface area contributed by atoms with Gasteiger partial charge in [-0.05, 0) is 53.8 Å². The third-order valence-electron chi connectivity index (χ3n) is 3.41. The largest absolute Gasteiger partial charge is 0.253 e. The first-order valence-electron chi connectivity index (χ1n) is 6.79. The van der Waals surface area contributed by atoms with E-state index in [9.17, 15) is 8.42 Å². The van der Waals surface area contributed by atoms with Crippen molar-refractivity contribution in [1.82, 2.24) is 4.31 Å². The van der Waals surface area contributed by atoms with Crippen LogP contribution in [0.25, 0.3) is 0 Å². The summed E-state index contributed by atoms with van der Waals surface area (Å²) >= 11 is 8.66. The Balaban J connectivity index is 1.85. The van der Waals surface area contributed by atoms with Gasteiger partial charge in [-0.2, -0.15) is 15.6 Å². The highest BCUT2D eigenvalue weighted by atomic mass is 35.5. The van der Waals surface area contributed by atoms with Gasteiger partial charge in [0.05, 0.1) is 0 Å². The van der Waals surface area contributed by atoms with Crippen molar-refractivity contribution in [1.29, 1.82) is 0 Å². The lowest BCUT2D eigenvalue weighted by molar-refractivity contribution is 0.400. The Morgan fingerprint density at radius 3 is 2.71 bits per heavy atom. The third-order valence-corrected chi connectivity index (χ3v) is 7.85. The van der Waals surface area contributed by atoms with E-state index >= 15 is 0 Å². The Hall–Kier alpha value is -0.400. The van der Waals surface area contributed by atoms with Gasteiger partial charge in [-0.3, -0.25) is 0 Å². The van der Waals surface area contributed by atoms with Crippen molar-refractivity contribution in [2.24, 2.45) is 0 Å². The van der Waals surface area contributed by atoms with Crippen molar-refractivity contribution in [2.45, 2.75) is 36.1 Å². The summed E-state index contributed by atoms with van der Waals surface area (Å²) in [4.78, 5) is 1.02. The molecule has 1 fully saturated rings. The number of thiophene rings is 2. The van der Waals surface area contributed by atoms with Crippen molar-refractivity contribution >= 4 is 44.3 Å². The smallest absolute Gasteiger partial charge is 0.206 e. The van der Waals surface area contributed by atoms with E-state index in [2.05, 4.69) is 0 Å². The van der Waals surface area contributed by atoms with Gasteiger partial charge in [0.15, 0.2) is 0 Å². The van der Waals surface area contributed by atoms with E-state index in [1.807, 2.05) is 22.9 Å². The van der Waals surface area contributed by atoms with Crippen molar-refractivity contribution in [3.05, 3.63) is 39.4 Å². The molecule has 2 heterocycles. The number of alkyl halides is 1. The maximum Gasteiger partial charge on any atom is 0.253 e. The number of hydrogen-bond acceptors (Lipinski definition) is 4. The van der Waals surface area contributed by atoms with E-state index in [1.165, 1.54) is 11.3 Å². The van der Waals surface area contributed by atoms with E-state index in [0.29, 0.717) is 16.6 Å². The highest BCUT2D eigenvalue weighted by Crippen LogP contribution is 2.35. The van der Waals surface area contributed by atoms with E-state index in [0.717, 1.165) is 29.7 Å². The molecule has 0 aromatic carbocycles. The van der Waals surface area contributed by atoms with Crippen molar-refractivity contribution < 1.29 is 8.42 Å². The SMILES string of the molecule is O=S(=O)(c1ccc(CCCl)s1)N(Cc1ccsc1)C1CC1. The monoisotopic (exact) mass is 361 g/mol. The maximum absolute atomic E-state index is 12.9. The van der Waals surface area contributed by atoms with Crippen LogP contribution in [0.3, 0.4) is 0 Å². The molecular weight excluding hydrogens is 346 g/mol. The minimum absolute atomic E-state index is 0.161. The number of nitrogens with zero attached hydrogens (tertiary/aromatic N) is 1. The van der Waals surface area contributed by atoms with Crippen LogP contribution in [0, 0.1) is 0 Å². The predicted molar refractivity (Wildman–Crippen MR) is 88.8 cm³/mol. The normalized spacial score (nSPS) is 15.7. The van der Waals surface area contributed by atoms with Gasteiger partial charge < -0.3 is 0 Å². The predicted octanol–water partition coefficient (Wildman–Crippen LogP) is 3.94. The zero-order valence-electron chi connectivity index (χ0n) is 11.4.